The first-order chi connectivity index (χ1) is 12.7. The van der Waals surface area contributed by atoms with Crippen LogP contribution in [0.2, 0.25) is 0 Å². The van der Waals surface area contributed by atoms with Gasteiger partial charge in [0.15, 0.2) is 0 Å². The van der Waals surface area contributed by atoms with Gasteiger partial charge in [-0.15, -0.1) is 0 Å². The molecule has 7 nitrogen and oxygen atoms in total. The molecular weight excluding hydrogens is 346 g/mol. The Morgan fingerprint density at radius 3 is 2.63 bits per heavy atom. The average Bonchev–Trinajstić information content (AvgIpc) is 3.10. The molecule has 1 aliphatic heterocycles. The van der Waals surface area contributed by atoms with E-state index in [1.165, 1.54) is 6.07 Å². The van der Waals surface area contributed by atoms with Gasteiger partial charge in [0.25, 0.3) is 0 Å². The van der Waals surface area contributed by atoms with Crippen molar-refractivity contribution in [1.82, 2.24) is 14.9 Å². The zero-order chi connectivity index (χ0) is 19.6. The average molecular weight is 369 g/mol. The maximum absolute atomic E-state index is 12.4. The zero-order valence-corrected chi connectivity index (χ0v) is 15.7. The molecule has 0 spiro atoms. The molecule has 27 heavy (non-hydrogen) atoms. The molecule has 1 aliphatic rings. The highest BCUT2D eigenvalue weighted by molar-refractivity contribution is 5.89. The molecule has 0 aliphatic carbocycles. The quantitative estimate of drug-likeness (QED) is 0.882. The number of aromatic nitrogens is 2. The summed E-state index contributed by atoms with van der Waals surface area (Å²) in [6.07, 6.45) is 4.61. The van der Waals surface area contributed by atoms with E-state index in [1.807, 2.05) is 20.8 Å². The van der Waals surface area contributed by atoms with Crippen LogP contribution in [0.1, 0.15) is 55.7 Å². The molecule has 0 radical (unpaired) electrons. The number of carboxylic acid groups (broad SMARTS) is 1. The summed E-state index contributed by atoms with van der Waals surface area (Å²) in [6, 6.07) is 6.40. The minimum Gasteiger partial charge on any atom is -0.478 e. The molecule has 1 saturated heterocycles. The number of rotatable bonds is 3. The summed E-state index contributed by atoms with van der Waals surface area (Å²) >= 11 is 0. The van der Waals surface area contributed by atoms with Gasteiger partial charge < -0.3 is 9.84 Å². The minimum atomic E-state index is -0.986. The molecule has 1 N–H and O–H groups in total. The minimum absolute atomic E-state index is 0.160. The van der Waals surface area contributed by atoms with Crippen LogP contribution in [0.3, 0.4) is 0 Å². The molecule has 1 aromatic heterocycles. The number of benzene rings is 1. The second kappa shape index (κ2) is 7.34. The normalized spacial score (nSPS) is 17.0. The van der Waals surface area contributed by atoms with Crippen LogP contribution < -0.4 is 0 Å². The molecule has 0 saturated carbocycles. The summed E-state index contributed by atoms with van der Waals surface area (Å²) in [6.45, 7) is 6.16. The lowest BCUT2D eigenvalue weighted by molar-refractivity contribution is 0.0221. The van der Waals surface area contributed by atoms with Gasteiger partial charge in [-0.1, -0.05) is 12.1 Å². The van der Waals surface area contributed by atoms with Gasteiger partial charge in [0.2, 0.25) is 0 Å². The summed E-state index contributed by atoms with van der Waals surface area (Å²) in [5, 5.41) is 9.12. The van der Waals surface area contributed by atoms with Crippen molar-refractivity contribution in [2.24, 2.45) is 0 Å². The lowest BCUT2D eigenvalue weighted by Gasteiger charge is -2.28. The molecule has 2 heterocycles. The van der Waals surface area contributed by atoms with Gasteiger partial charge >= 0.3 is 12.1 Å². The van der Waals surface area contributed by atoms with Crippen molar-refractivity contribution in [3.05, 3.63) is 47.9 Å². The zero-order valence-electron chi connectivity index (χ0n) is 15.7. The Morgan fingerprint density at radius 1 is 1.22 bits per heavy atom. The Balaban J connectivity index is 1.79. The molecule has 0 unspecified atom stereocenters. The Morgan fingerprint density at radius 2 is 2.00 bits per heavy atom. The van der Waals surface area contributed by atoms with Gasteiger partial charge in [-0.3, -0.25) is 14.9 Å². The molecule has 7 heteroatoms. The van der Waals surface area contributed by atoms with Crippen LogP contribution in [0, 0.1) is 0 Å². The van der Waals surface area contributed by atoms with Crippen molar-refractivity contribution in [2.45, 2.75) is 45.3 Å². The largest absolute Gasteiger partial charge is 0.478 e. The first-order valence-corrected chi connectivity index (χ1v) is 8.90. The van der Waals surface area contributed by atoms with Crippen LogP contribution in [0.4, 0.5) is 4.79 Å². The monoisotopic (exact) mass is 369 g/mol. The molecule has 0 bridgehead atoms. The van der Waals surface area contributed by atoms with Crippen LogP contribution >= 0.6 is 0 Å². The van der Waals surface area contributed by atoms with Gasteiger partial charge in [-0.25, -0.2) is 9.59 Å². The molecule has 1 atom stereocenters. The third-order valence-electron chi connectivity index (χ3n) is 4.30. The van der Waals surface area contributed by atoms with Crippen molar-refractivity contribution in [3.8, 4) is 11.3 Å². The molecule has 142 valence electrons. The predicted octanol–water partition coefficient (Wildman–Crippen LogP) is 3.91. The summed E-state index contributed by atoms with van der Waals surface area (Å²) in [4.78, 5) is 34.2. The van der Waals surface area contributed by atoms with Crippen LogP contribution in [0.25, 0.3) is 11.3 Å². The number of hydrogen-bond donors (Lipinski definition) is 1. The van der Waals surface area contributed by atoms with Crippen molar-refractivity contribution < 1.29 is 19.4 Å². The van der Waals surface area contributed by atoms with Crippen molar-refractivity contribution >= 4 is 12.1 Å². The molecule has 3 rings (SSSR count). The Labute approximate surface area is 158 Å². The lowest BCUT2D eigenvalue weighted by Crippen LogP contribution is -2.36. The number of hydrogen-bond acceptors (Lipinski definition) is 5. The maximum atomic E-state index is 12.4. The number of likely N-dealkylation sites (tertiary alicyclic amines) is 1. The summed E-state index contributed by atoms with van der Waals surface area (Å²) < 4.78 is 5.49. The third kappa shape index (κ3) is 4.42. The fourth-order valence-corrected chi connectivity index (χ4v) is 3.08. The molecule has 1 fully saturated rings. The Bertz CT molecular complexity index is 843. The second-order valence-corrected chi connectivity index (χ2v) is 7.54. The van der Waals surface area contributed by atoms with E-state index >= 15 is 0 Å². The lowest BCUT2D eigenvalue weighted by atomic mass is 10.1. The van der Waals surface area contributed by atoms with E-state index in [9.17, 15) is 9.59 Å². The molecule has 1 amide bonds. The van der Waals surface area contributed by atoms with Gasteiger partial charge in [0.1, 0.15) is 5.60 Å². The SMILES string of the molecule is CC(C)(C)OC(=O)N1CCC[C@H]1c1cnc(-c2cccc(C(=O)O)c2)cn1. The predicted molar refractivity (Wildman–Crippen MR) is 99.3 cm³/mol. The van der Waals surface area contributed by atoms with Crippen LogP contribution in [-0.4, -0.2) is 44.2 Å². The maximum Gasteiger partial charge on any atom is 0.410 e. The van der Waals surface area contributed by atoms with Crippen LogP contribution in [0.5, 0.6) is 0 Å². The van der Waals surface area contributed by atoms with Gasteiger partial charge in [-0.2, -0.15) is 0 Å². The highest BCUT2D eigenvalue weighted by Gasteiger charge is 2.34. The first-order valence-electron chi connectivity index (χ1n) is 8.90. The second-order valence-electron chi connectivity index (χ2n) is 7.54. The van der Waals surface area contributed by atoms with Crippen molar-refractivity contribution in [3.63, 3.8) is 0 Å². The van der Waals surface area contributed by atoms with E-state index in [0.29, 0.717) is 23.5 Å². The summed E-state index contributed by atoms with van der Waals surface area (Å²) in [5.41, 5.74) is 1.63. The van der Waals surface area contributed by atoms with E-state index in [-0.39, 0.29) is 17.7 Å². The third-order valence-corrected chi connectivity index (χ3v) is 4.30. The highest BCUT2D eigenvalue weighted by Crippen LogP contribution is 2.32. The number of aromatic carboxylic acids is 1. The van der Waals surface area contributed by atoms with E-state index in [0.717, 1.165) is 12.8 Å². The van der Waals surface area contributed by atoms with Gasteiger partial charge in [0.05, 0.1) is 35.4 Å². The van der Waals surface area contributed by atoms with Crippen LogP contribution in [0.15, 0.2) is 36.7 Å². The first kappa shape index (κ1) is 18.8. The molecular formula is C20H23N3O4. The Hall–Kier alpha value is -2.96. The summed E-state index contributed by atoms with van der Waals surface area (Å²) in [5.74, 6) is -0.986. The standard InChI is InChI=1S/C20H23N3O4/c1-20(2,3)27-19(26)23-9-5-8-17(23)16-12-21-15(11-22-16)13-6-4-7-14(10-13)18(24)25/h4,6-7,10-12,17H,5,8-9H2,1-3H3,(H,24,25)/t17-/m0/s1. The Kier molecular flexibility index (Phi) is 5.12. The number of amides is 1. The van der Waals surface area contributed by atoms with Crippen LogP contribution in [-0.2, 0) is 4.74 Å². The van der Waals surface area contributed by atoms with Crippen molar-refractivity contribution in [1.29, 1.82) is 0 Å². The van der Waals surface area contributed by atoms with E-state index in [1.54, 1.807) is 35.5 Å². The number of nitrogens with zero attached hydrogens (tertiary/aromatic N) is 3. The smallest absolute Gasteiger partial charge is 0.410 e. The van der Waals surface area contributed by atoms with Crippen molar-refractivity contribution in [2.75, 3.05) is 6.54 Å². The van der Waals surface area contributed by atoms with E-state index < -0.39 is 11.6 Å². The van der Waals surface area contributed by atoms with E-state index in [4.69, 9.17) is 9.84 Å². The number of ether oxygens (including phenoxy) is 1. The molecule has 2 aromatic rings. The van der Waals surface area contributed by atoms with Gasteiger partial charge in [-0.05, 0) is 45.7 Å². The van der Waals surface area contributed by atoms with E-state index in [2.05, 4.69) is 9.97 Å². The fourth-order valence-electron chi connectivity index (χ4n) is 3.08. The number of carboxylic acids is 1. The number of carbonyl (C=O) groups is 2. The fraction of sp³-hybridized carbons (Fsp3) is 0.400. The number of carbonyl (C=O) groups excluding carboxylic acids is 1. The molecule has 1 aromatic carbocycles. The van der Waals surface area contributed by atoms with Gasteiger partial charge in [0, 0.05) is 12.1 Å². The summed E-state index contributed by atoms with van der Waals surface area (Å²) in [7, 11) is 0. The topological polar surface area (TPSA) is 92.6 Å². The highest BCUT2D eigenvalue weighted by atomic mass is 16.6.